The second-order valence-corrected chi connectivity index (χ2v) is 10.3. The first-order valence-corrected chi connectivity index (χ1v) is 12.8. The van der Waals surface area contributed by atoms with Gasteiger partial charge in [-0.2, -0.15) is 4.52 Å². The monoisotopic (exact) mass is 537 g/mol. The highest BCUT2D eigenvalue weighted by Crippen LogP contribution is 2.47. The molecule has 4 rings (SSSR count). The molecule has 2 aliphatic heterocycles. The Bertz CT molecular complexity index is 1190. The fourth-order valence-corrected chi connectivity index (χ4v) is 5.57. The predicted octanol–water partition coefficient (Wildman–Crippen LogP) is 0.751. The van der Waals surface area contributed by atoms with Crippen molar-refractivity contribution in [2.75, 3.05) is 20.3 Å². The Kier molecular flexibility index (Phi) is 7.93. The number of rotatable bonds is 10. The van der Waals surface area contributed by atoms with Crippen LogP contribution in [0.5, 0.6) is 5.75 Å². The van der Waals surface area contributed by atoms with Gasteiger partial charge in [0.1, 0.15) is 24.9 Å². The molecule has 0 bridgehead atoms. The number of para-hydroxylation sites is 1. The summed E-state index contributed by atoms with van der Waals surface area (Å²) in [5, 5.41) is 3.03. The lowest BCUT2D eigenvalue weighted by Gasteiger charge is -2.29. The van der Waals surface area contributed by atoms with Gasteiger partial charge in [0.25, 0.3) is 11.5 Å². The van der Waals surface area contributed by atoms with Crippen molar-refractivity contribution in [3.8, 4) is 5.75 Å². The van der Waals surface area contributed by atoms with E-state index in [1.807, 2.05) is 18.2 Å². The number of nitrogens with one attached hydrogen (secondary N) is 1. The van der Waals surface area contributed by atoms with E-state index in [0.29, 0.717) is 5.75 Å². The largest absolute Gasteiger partial charge is 0.468 e. The highest BCUT2D eigenvalue weighted by Gasteiger charge is 2.63. The van der Waals surface area contributed by atoms with Gasteiger partial charge in [0.15, 0.2) is 17.2 Å². The third kappa shape index (κ3) is 5.66. The predicted molar refractivity (Wildman–Crippen MR) is 131 cm³/mol. The van der Waals surface area contributed by atoms with Crippen molar-refractivity contribution >= 4 is 20.4 Å². The first-order valence-electron chi connectivity index (χ1n) is 11.5. The molecule has 2 saturated heterocycles. The molecule has 0 saturated carbocycles. The van der Waals surface area contributed by atoms with E-state index in [4.69, 9.17) is 33.7 Å². The Morgan fingerprint density at radius 1 is 1.32 bits per heavy atom. The van der Waals surface area contributed by atoms with E-state index < -0.39 is 61.4 Å². The van der Waals surface area contributed by atoms with Crippen molar-refractivity contribution < 1.29 is 37.6 Å². The first kappa shape index (κ1) is 27.1. The molecular formula is C23H30N4O9P+. The number of nitrogens with two attached hydrogens (primary N) is 1. The molecule has 37 heavy (non-hydrogen) atoms. The van der Waals surface area contributed by atoms with Crippen molar-refractivity contribution in [3.63, 3.8) is 0 Å². The molecule has 200 valence electrons. The summed E-state index contributed by atoms with van der Waals surface area (Å²) < 4.78 is 36.4. The molecule has 1 aromatic heterocycles. The van der Waals surface area contributed by atoms with Crippen LogP contribution in [0.1, 0.15) is 31.3 Å². The number of carbonyl (C=O) groups excluding carboxylic acids is 2. The van der Waals surface area contributed by atoms with Gasteiger partial charge in [-0.25, -0.2) is 4.98 Å². The number of hydrogen-bond donors (Lipinski definition) is 2. The first-order chi connectivity index (χ1) is 17.6. The van der Waals surface area contributed by atoms with E-state index in [2.05, 4.69) is 10.1 Å². The fourth-order valence-electron chi connectivity index (χ4n) is 4.23. The van der Waals surface area contributed by atoms with Gasteiger partial charge < -0.3 is 29.2 Å². The number of esters is 1. The molecule has 5 atom stereocenters. The molecule has 0 radical (unpaired) electrons. The van der Waals surface area contributed by atoms with Crippen LogP contribution in [-0.4, -0.2) is 65.8 Å². The Balaban J connectivity index is 1.56. The maximum absolute atomic E-state index is 13.0. The highest BCUT2D eigenvalue weighted by atomic mass is 31.2. The average molecular weight is 537 g/mol. The van der Waals surface area contributed by atoms with Gasteiger partial charge in [-0.15, -0.1) is 5.09 Å². The van der Waals surface area contributed by atoms with Crippen LogP contribution in [0.3, 0.4) is 0 Å². The average Bonchev–Trinajstić information content (AvgIpc) is 3.33. The lowest BCUT2D eigenvalue weighted by Crippen LogP contribution is -2.51. The molecule has 3 heterocycles. The van der Waals surface area contributed by atoms with E-state index in [-0.39, 0.29) is 13.2 Å². The SMILES string of the molecule is COC(=O)C(C)N[PH+](OCC1OCC2(n3ccnc(C(N)=O)c3=O)OC(C)(C)OC12)Oc1ccccc1. The third-order valence-electron chi connectivity index (χ3n) is 5.82. The molecule has 1 aromatic carbocycles. The number of ether oxygens (including phenoxy) is 4. The molecule has 3 N–H and O–H groups in total. The molecule has 1 amide bonds. The fraction of sp³-hybridized carbons (Fsp3) is 0.478. The van der Waals surface area contributed by atoms with Gasteiger partial charge in [0.05, 0.1) is 13.7 Å². The normalized spacial score (nSPS) is 25.7. The van der Waals surface area contributed by atoms with Crippen molar-refractivity contribution in [1.82, 2.24) is 14.6 Å². The van der Waals surface area contributed by atoms with Crippen LogP contribution in [0.4, 0.5) is 0 Å². The number of nitrogens with zero attached hydrogens (tertiary/aromatic N) is 2. The number of carbonyl (C=O) groups is 2. The van der Waals surface area contributed by atoms with Crippen molar-refractivity contribution in [2.45, 2.75) is 50.5 Å². The molecule has 5 unspecified atom stereocenters. The number of primary amides is 1. The topological polar surface area (TPSA) is 162 Å². The van der Waals surface area contributed by atoms with Gasteiger partial charge >= 0.3 is 14.5 Å². The van der Waals surface area contributed by atoms with Gasteiger partial charge in [0, 0.05) is 12.4 Å². The summed E-state index contributed by atoms with van der Waals surface area (Å²) in [5.41, 5.74) is 2.79. The molecule has 2 aromatic rings. The van der Waals surface area contributed by atoms with Gasteiger partial charge in [0.2, 0.25) is 5.72 Å². The maximum Gasteiger partial charge on any atom is 0.381 e. The van der Waals surface area contributed by atoms with Crippen LogP contribution in [0, 0.1) is 0 Å². The van der Waals surface area contributed by atoms with Gasteiger partial charge in [-0.3, -0.25) is 19.0 Å². The van der Waals surface area contributed by atoms with Crippen LogP contribution < -0.4 is 20.9 Å². The summed E-state index contributed by atoms with van der Waals surface area (Å²) in [5.74, 6) is -1.96. The standard InChI is InChI=1S/C23H29N4O9P/c1-14(21(30)31-4)26-37(35-15-8-6-5-7-9-15)33-12-16-18-23(13-32-16,36-22(2,3)34-18)27-11-10-25-17(19(24)28)20(27)29/h5-11,14,16,18,26H,12-13H2,1-4H3,(H2,24,28)/p+1. The Morgan fingerprint density at radius 3 is 2.73 bits per heavy atom. The molecule has 13 nitrogen and oxygen atoms in total. The van der Waals surface area contributed by atoms with Crippen LogP contribution in [0.25, 0.3) is 0 Å². The van der Waals surface area contributed by atoms with Crippen LogP contribution >= 0.6 is 8.53 Å². The third-order valence-corrected chi connectivity index (χ3v) is 7.34. The number of aromatic nitrogens is 2. The molecule has 0 aliphatic carbocycles. The van der Waals surface area contributed by atoms with Crippen molar-refractivity contribution in [2.24, 2.45) is 5.73 Å². The van der Waals surface area contributed by atoms with E-state index in [1.54, 1.807) is 32.9 Å². The summed E-state index contributed by atoms with van der Waals surface area (Å²) in [6, 6.07) is 8.30. The minimum absolute atomic E-state index is 0.0175. The summed E-state index contributed by atoms with van der Waals surface area (Å²) in [4.78, 5) is 40.5. The van der Waals surface area contributed by atoms with E-state index in [0.717, 1.165) is 0 Å². The van der Waals surface area contributed by atoms with Crippen LogP contribution in [0.15, 0.2) is 47.5 Å². The van der Waals surface area contributed by atoms with E-state index >= 15 is 0 Å². The second-order valence-electron chi connectivity index (χ2n) is 8.95. The molecule has 14 heteroatoms. The van der Waals surface area contributed by atoms with Crippen LogP contribution in [-0.2, 0) is 34.0 Å². The van der Waals surface area contributed by atoms with E-state index in [9.17, 15) is 14.4 Å². The zero-order chi connectivity index (χ0) is 26.8. The Hall–Kier alpha value is -2.93. The highest BCUT2D eigenvalue weighted by molar-refractivity contribution is 7.45. The molecular weight excluding hydrogens is 507 g/mol. The molecule has 0 spiro atoms. The summed E-state index contributed by atoms with van der Waals surface area (Å²) in [6.45, 7) is 4.97. The number of hydrogen-bond acceptors (Lipinski definition) is 11. The Morgan fingerprint density at radius 2 is 2.05 bits per heavy atom. The minimum Gasteiger partial charge on any atom is -0.468 e. The summed E-state index contributed by atoms with van der Waals surface area (Å²) in [6.07, 6.45) is 1.21. The van der Waals surface area contributed by atoms with Gasteiger partial charge in [-0.05, 0) is 32.9 Å². The second kappa shape index (κ2) is 10.8. The molecule has 2 aliphatic rings. The maximum atomic E-state index is 13.0. The number of fused-ring (bicyclic) bond motifs is 1. The zero-order valence-corrected chi connectivity index (χ0v) is 21.8. The van der Waals surface area contributed by atoms with Gasteiger partial charge in [-0.1, -0.05) is 18.2 Å². The number of amides is 1. The summed E-state index contributed by atoms with van der Waals surface area (Å²) >= 11 is 0. The number of methoxy groups -OCH3 is 1. The van der Waals surface area contributed by atoms with Crippen molar-refractivity contribution in [1.29, 1.82) is 0 Å². The minimum atomic E-state index is -2.27. The Labute approximate surface area is 214 Å². The van der Waals surface area contributed by atoms with Crippen LogP contribution in [0.2, 0.25) is 0 Å². The molecule has 2 fully saturated rings. The lowest BCUT2D eigenvalue weighted by molar-refractivity contribution is -0.207. The zero-order valence-electron chi connectivity index (χ0n) is 20.8. The van der Waals surface area contributed by atoms with Crippen molar-refractivity contribution in [3.05, 3.63) is 58.8 Å². The van der Waals surface area contributed by atoms with E-state index in [1.165, 1.54) is 24.1 Å². The number of benzene rings is 1. The lowest BCUT2D eigenvalue weighted by atomic mass is 10.1. The summed E-state index contributed by atoms with van der Waals surface area (Å²) in [7, 11) is -0.977. The quantitative estimate of drug-likeness (QED) is 0.325. The smallest absolute Gasteiger partial charge is 0.381 e.